The Morgan fingerprint density at radius 3 is 2.77 bits per heavy atom. The minimum absolute atomic E-state index is 0.0911. The number of halogens is 1. The van der Waals surface area contributed by atoms with Crippen molar-refractivity contribution in [2.75, 3.05) is 6.61 Å². The van der Waals surface area contributed by atoms with Gasteiger partial charge in [0.15, 0.2) is 4.96 Å². The lowest BCUT2D eigenvalue weighted by Crippen LogP contribution is -2.08. The van der Waals surface area contributed by atoms with Crippen LogP contribution in [0.4, 0.5) is 4.39 Å². The monoisotopic (exact) mass is 368 g/mol. The maximum Gasteiger partial charge on any atom is 0.194 e. The molecule has 7 heteroatoms. The summed E-state index contributed by atoms with van der Waals surface area (Å²) in [6.07, 6.45) is 4.28. The quantitative estimate of drug-likeness (QED) is 0.581. The van der Waals surface area contributed by atoms with Gasteiger partial charge in [-0.3, -0.25) is 4.40 Å². The van der Waals surface area contributed by atoms with Crippen molar-refractivity contribution in [3.8, 4) is 22.6 Å². The summed E-state index contributed by atoms with van der Waals surface area (Å²) >= 11 is 1.53. The molecule has 0 spiro atoms. The molecule has 4 aromatic rings. The molecule has 1 unspecified atom stereocenters. The molecule has 4 rings (SSSR count). The topological polar surface area (TPSA) is 63.3 Å². The van der Waals surface area contributed by atoms with Crippen LogP contribution in [-0.4, -0.2) is 31.1 Å². The van der Waals surface area contributed by atoms with Gasteiger partial charge in [0.05, 0.1) is 11.4 Å². The van der Waals surface area contributed by atoms with Gasteiger partial charge in [-0.2, -0.15) is 0 Å². The summed E-state index contributed by atoms with van der Waals surface area (Å²) in [7, 11) is 0. The van der Waals surface area contributed by atoms with Gasteiger partial charge in [-0.05, 0) is 36.2 Å². The number of imidazole rings is 1. The normalized spacial score (nSPS) is 12.6. The Bertz CT molecular complexity index is 1040. The Labute approximate surface area is 153 Å². The molecule has 0 bridgehead atoms. The zero-order chi connectivity index (χ0) is 18.1. The average Bonchev–Trinajstić information content (AvgIpc) is 3.23. The first-order chi connectivity index (χ1) is 12.7. The first-order valence-electron chi connectivity index (χ1n) is 8.30. The molecule has 0 radical (unpaired) electrons. The van der Waals surface area contributed by atoms with Crippen LogP contribution in [0.5, 0.6) is 0 Å². The van der Waals surface area contributed by atoms with Gasteiger partial charge in [0, 0.05) is 36.4 Å². The van der Waals surface area contributed by atoms with E-state index in [1.165, 1.54) is 23.5 Å². The van der Waals surface area contributed by atoms with E-state index in [1.54, 1.807) is 18.3 Å². The highest BCUT2D eigenvalue weighted by Gasteiger charge is 2.18. The van der Waals surface area contributed by atoms with Gasteiger partial charge < -0.3 is 5.11 Å². The highest BCUT2D eigenvalue weighted by Crippen LogP contribution is 2.33. The van der Waals surface area contributed by atoms with E-state index in [2.05, 4.69) is 9.97 Å². The van der Waals surface area contributed by atoms with Crippen LogP contribution >= 0.6 is 11.3 Å². The van der Waals surface area contributed by atoms with Crippen molar-refractivity contribution in [1.82, 2.24) is 19.4 Å². The van der Waals surface area contributed by atoms with Gasteiger partial charge in [0.1, 0.15) is 17.3 Å². The molecule has 0 aliphatic heterocycles. The van der Waals surface area contributed by atoms with Crippen molar-refractivity contribution in [2.24, 2.45) is 5.92 Å². The van der Waals surface area contributed by atoms with Crippen LogP contribution in [0.15, 0.2) is 48.1 Å². The zero-order valence-electron chi connectivity index (χ0n) is 14.1. The van der Waals surface area contributed by atoms with Crippen LogP contribution in [-0.2, 0) is 6.42 Å². The summed E-state index contributed by atoms with van der Waals surface area (Å²) in [5.74, 6) is 0.492. The maximum absolute atomic E-state index is 13.3. The second kappa shape index (κ2) is 6.93. The number of hydrogen-bond donors (Lipinski definition) is 1. The van der Waals surface area contributed by atoms with E-state index in [0.717, 1.165) is 27.6 Å². The molecule has 132 valence electrons. The summed E-state index contributed by atoms with van der Waals surface area (Å²) < 4.78 is 15.3. The molecular weight excluding hydrogens is 351 g/mol. The molecule has 3 heterocycles. The lowest BCUT2D eigenvalue weighted by atomic mass is 10.1. The molecular formula is C19H17FN4OS. The molecule has 0 saturated heterocycles. The fourth-order valence-corrected chi connectivity index (χ4v) is 3.56. The van der Waals surface area contributed by atoms with Gasteiger partial charge in [-0.15, -0.1) is 11.3 Å². The van der Waals surface area contributed by atoms with Crippen LogP contribution in [0.25, 0.3) is 27.6 Å². The van der Waals surface area contributed by atoms with Crippen LogP contribution in [0.2, 0.25) is 0 Å². The molecule has 0 amide bonds. The third kappa shape index (κ3) is 3.11. The van der Waals surface area contributed by atoms with E-state index in [4.69, 9.17) is 4.98 Å². The van der Waals surface area contributed by atoms with Crippen molar-refractivity contribution < 1.29 is 9.50 Å². The molecule has 0 aliphatic rings. The summed E-state index contributed by atoms with van der Waals surface area (Å²) in [5, 5.41) is 11.2. The third-order valence-corrected chi connectivity index (χ3v) is 4.93. The van der Waals surface area contributed by atoms with Crippen molar-refractivity contribution in [3.63, 3.8) is 0 Å². The molecule has 1 N–H and O–H groups in total. The zero-order valence-corrected chi connectivity index (χ0v) is 14.9. The number of rotatable bonds is 5. The Hall–Kier alpha value is -2.64. The highest BCUT2D eigenvalue weighted by molar-refractivity contribution is 7.15. The lowest BCUT2D eigenvalue weighted by Gasteiger charge is -2.09. The van der Waals surface area contributed by atoms with Gasteiger partial charge in [-0.1, -0.05) is 6.92 Å². The van der Waals surface area contributed by atoms with Gasteiger partial charge in [0.2, 0.25) is 0 Å². The Kier molecular flexibility index (Phi) is 4.48. The van der Waals surface area contributed by atoms with Crippen molar-refractivity contribution in [1.29, 1.82) is 0 Å². The molecule has 5 nitrogen and oxygen atoms in total. The van der Waals surface area contributed by atoms with Gasteiger partial charge >= 0.3 is 0 Å². The number of aliphatic hydroxyl groups is 1. The number of aromatic nitrogens is 4. The maximum atomic E-state index is 13.3. The van der Waals surface area contributed by atoms with E-state index >= 15 is 0 Å². The van der Waals surface area contributed by atoms with E-state index in [1.807, 2.05) is 29.0 Å². The second-order valence-electron chi connectivity index (χ2n) is 6.22. The van der Waals surface area contributed by atoms with Crippen molar-refractivity contribution in [2.45, 2.75) is 13.3 Å². The van der Waals surface area contributed by atoms with Crippen molar-refractivity contribution in [3.05, 3.63) is 59.7 Å². The first-order valence-corrected chi connectivity index (χ1v) is 9.18. The Morgan fingerprint density at radius 1 is 1.19 bits per heavy atom. The summed E-state index contributed by atoms with van der Waals surface area (Å²) in [6.45, 7) is 2.05. The summed E-state index contributed by atoms with van der Waals surface area (Å²) in [6, 6.07) is 8.16. The predicted molar refractivity (Wildman–Crippen MR) is 99.4 cm³/mol. The number of nitrogens with zero attached hydrogens (tertiary/aromatic N) is 4. The van der Waals surface area contributed by atoms with E-state index < -0.39 is 0 Å². The lowest BCUT2D eigenvalue weighted by molar-refractivity contribution is 0.235. The first kappa shape index (κ1) is 16.8. The molecule has 3 aromatic heterocycles. The van der Waals surface area contributed by atoms with Crippen LogP contribution < -0.4 is 0 Å². The number of benzene rings is 1. The number of fused-ring (bicyclic) bond motifs is 1. The smallest absolute Gasteiger partial charge is 0.194 e. The fourth-order valence-electron chi connectivity index (χ4n) is 2.85. The Balaban J connectivity index is 1.85. The predicted octanol–water partition coefficient (Wildman–Crippen LogP) is 3.83. The summed E-state index contributed by atoms with van der Waals surface area (Å²) in [5.41, 5.74) is 3.21. The van der Waals surface area contributed by atoms with Crippen LogP contribution in [0.3, 0.4) is 0 Å². The minimum atomic E-state index is -0.279. The molecule has 1 atom stereocenters. The van der Waals surface area contributed by atoms with E-state index in [9.17, 15) is 9.50 Å². The Morgan fingerprint density at radius 2 is 2.00 bits per heavy atom. The molecule has 0 fully saturated rings. The summed E-state index contributed by atoms with van der Waals surface area (Å²) in [4.78, 5) is 14.6. The standard InChI is InChI=1S/C19H17FN4OS/c1-12(11-25)10-16-21-7-6-15(22-16)18-17(13-2-4-14(20)5-3-13)23-19-24(18)8-9-26-19/h2-9,12,25H,10-11H2,1H3. The molecule has 1 aromatic carbocycles. The third-order valence-electron chi connectivity index (χ3n) is 4.17. The molecule has 26 heavy (non-hydrogen) atoms. The fraction of sp³-hybridized carbons (Fsp3) is 0.211. The number of aliphatic hydroxyl groups excluding tert-OH is 1. The van der Waals surface area contributed by atoms with Crippen LogP contribution in [0.1, 0.15) is 12.7 Å². The number of hydrogen-bond acceptors (Lipinski definition) is 5. The van der Waals surface area contributed by atoms with E-state index in [0.29, 0.717) is 12.2 Å². The van der Waals surface area contributed by atoms with Gasteiger partial charge in [-0.25, -0.2) is 19.3 Å². The van der Waals surface area contributed by atoms with Gasteiger partial charge in [0.25, 0.3) is 0 Å². The minimum Gasteiger partial charge on any atom is -0.396 e. The second-order valence-corrected chi connectivity index (χ2v) is 7.09. The molecule has 0 saturated carbocycles. The SMILES string of the molecule is CC(CO)Cc1nccc(-c2c(-c3ccc(F)cc3)nc3sccn23)n1. The largest absolute Gasteiger partial charge is 0.396 e. The average molecular weight is 368 g/mol. The van der Waals surface area contributed by atoms with E-state index in [-0.39, 0.29) is 18.3 Å². The van der Waals surface area contributed by atoms with Crippen molar-refractivity contribution >= 4 is 16.3 Å². The number of thiazole rings is 1. The molecule has 0 aliphatic carbocycles. The van der Waals surface area contributed by atoms with Crippen LogP contribution in [0, 0.1) is 11.7 Å². The highest BCUT2D eigenvalue weighted by atomic mass is 32.1.